The minimum atomic E-state index is -0.875. The molecule has 4 amide bonds. The van der Waals surface area contributed by atoms with E-state index in [-0.39, 0.29) is 23.8 Å². The highest BCUT2D eigenvalue weighted by Crippen LogP contribution is 2.46. The summed E-state index contributed by atoms with van der Waals surface area (Å²) in [5, 5.41) is 6.99. The first-order valence-electron chi connectivity index (χ1n) is 9.37. The van der Waals surface area contributed by atoms with Crippen LogP contribution in [-0.2, 0) is 23.2 Å². The van der Waals surface area contributed by atoms with Gasteiger partial charge in [-0.3, -0.25) is 19.2 Å². The molecule has 1 aromatic rings. The third-order valence-corrected chi connectivity index (χ3v) is 5.52. The maximum Gasteiger partial charge on any atom is 0.325 e. The van der Waals surface area contributed by atoms with E-state index in [9.17, 15) is 14.4 Å². The molecule has 2 fully saturated rings. The van der Waals surface area contributed by atoms with Crippen LogP contribution in [-0.4, -0.2) is 56.6 Å². The summed E-state index contributed by atoms with van der Waals surface area (Å²) in [4.78, 5) is 40.8. The quantitative estimate of drug-likeness (QED) is 0.808. The van der Waals surface area contributed by atoms with Crippen LogP contribution in [0.1, 0.15) is 45.6 Å². The van der Waals surface area contributed by atoms with E-state index in [4.69, 9.17) is 0 Å². The first-order chi connectivity index (χ1) is 12.5. The molecule has 27 heavy (non-hydrogen) atoms. The Hall–Kier alpha value is -2.38. The Labute approximate surface area is 159 Å². The predicted octanol–water partition coefficient (Wildman–Crippen LogP) is 1.52. The van der Waals surface area contributed by atoms with Crippen LogP contribution in [0.2, 0.25) is 0 Å². The molecule has 1 aromatic heterocycles. The van der Waals surface area contributed by atoms with Gasteiger partial charge in [0.1, 0.15) is 12.1 Å². The van der Waals surface area contributed by atoms with E-state index in [0.717, 1.165) is 16.9 Å². The van der Waals surface area contributed by atoms with Crippen LogP contribution in [0.25, 0.3) is 0 Å². The lowest BCUT2D eigenvalue weighted by molar-refractivity contribution is -0.140. The number of rotatable bonds is 4. The number of amides is 4. The highest BCUT2D eigenvalue weighted by molar-refractivity contribution is 6.09. The molecule has 8 nitrogen and oxygen atoms in total. The fraction of sp³-hybridized carbons (Fsp3) is 0.684. The van der Waals surface area contributed by atoms with Gasteiger partial charge >= 0.3 is 6.03 Å². The van der Waals surface area contributed by atoms with E-state index < -0.39 is 11.6 Å². The van der Waals surface area contributed by atoms with Crippen LogP contribution < -0.4 is 5.32 Å². The third-order valence-electron chi connectivity index (χ3n) is 5.52. The Morgan fingerprint density at radius 2 is 2.07 bits per heavy atom. The molecule has 148 valence electrons. The molecule has 2 aliphatic rings. The van der Waals surface area contributed by atoms with E-state index in [1.807, 2.05) is 13.2 Å². The minimum absolute atomic E-state index is 0.0300. The van der Waals surface area contributed by atoms with Crippen LogP contribution >= 0.6 is 0 Å². The number of nitrogens with one attached hydrogen (secondary N) is 1. The number of carbonyl (C=O) groups excluding carboxylic acids is 3. The van der Waals surface area contributed by atoms with Crippen molar-refractivity contribution in [1.29, 1.82) is 0 Å². The second-order valence-corrected chi connectivity index (χ2v) is 9.03. The Balaban J connectivity index is 1.69. The second-order valence-electron chi connectivity index (χ2n) is 9.03. The van der Waals surface area contributed by atoms with Crippen LogP contribution in [0.4, 0.5) is 4.79 Å². The van der Waals surface area contributed by atoms with E-state index in [0.29, 0.717) is 25.3 Å². The summed E-state index contributed by atoms with van der Waals surface area (Å²) >= 11 is 0. The molecule has 0 radical (unpaired) electrons. The van der Waals surface area contributed by atoms with Gasteiger partial charge in [0.05, 0.1) is 6.20 Å². The number of hydrogen-bond donors (Lipinski definition) is 1. The van der Waals surface area contributed by atoms with Gasteiger partial charge in [0.25, 0.3) is 5.91 Å². The first-order valence-corrected chi connectivity index (χ1v) is 9.37. The molecule has 0 aromatic carbocycles. The molecule has 1 spiro atoms. The van der Waals surface area contributed by atoms with Gasteiger partial charge < -0.3 is 10.2 Å². The molecule has 2 atom stereocenters. The number of aromatic nitrogens is 2. The Bertz CT molecular complexity index is 771. The summed E-state index contributed by atoms with van der Waals surface area (Å²) in [7, 11) is 3.47. The van der Waals surface area contributed by atoms with Crippen molar-refractivity contribution >= 4 is 17.8 Å². The number of likely N-dealkylation sites (N-methyl/N-ethyl adjacent to an activating group) is 1. The minimum Gasteiger partial charge on any atom is -0.340 e. The molecule has 1 aliphatic carbocycles. The molecule has 0 bridgehead atoms. The van der Waals surface area contributed by atoms with E-state index >= 15 is 0 Å². The summed E-state index contributed by atoms with van der Waals surface area (Å²) < 4.78 is 1.67. The lowest BCUT2D eigenvalue weighted by atomic mass is 9.64. The standard InChI is InChI=1S/C19H29N5O3/c1-13-6-18(2,3)12-19(7-13)16(26)24(17(27)21-19)11-15(25)22(4)9-14-8-20-23(5)10-14/h8,10,13H,6-7,9,11-12H2,1-5H3,(H,21,27)/t13-,19+/m1/s1. The van der Waals surface area contributed by atoms with Crippen LogP contribution in [0.15, 0.2) is 12.4 Å². The lowest BCUT2D eigenvalue weighted by Gasteiger charge is -2.43. The van der Waals surface area contributed by atoms with Gasteiger partial charge in [-0.25, -0.2) is 4.79 Å². The highest BCUT2D eigenvalue weighted by atomic mass is 16.2. The fourth-order valence-corrected chi connectivity index (χ4v) is 4.82. The van der Waals surface area contributed by atoms with Gasteiger partial charge in [-0.1, -0.05) is 20.8 Å². The molecule has 1 aliphatic heterocycles. The zero-order valence-electron chi connectivity index (χ0n) is 16.8. The lowest BCUT2D eigenvalue weighted by Crippen LogP contribution is -2.54. The predicted molar refractivity (Wildman–Crippen MR) is 99.5 cm³/mol. The molecule has 1 saturated carbocycles. The van der Waals surface area contributed by atoms with E-state index in [2.05, 4.69) is 31.2 Å². The summed E-state index contributed by atoms with van der Waals surface area (Å²) in [6.45, 7) is 6.50. The average molecular weight is 375 g/mol. The van der Waals surface area contributed by atoms with Crippen molar-refractivity contribution in [2.24, 2.45) is 18.4 Å². The number of urea groups is 1. The Morgan fingerprint density at radius 1 is 1.37 bits per heavy atom. The Morgan fingerprint density at radius 3 is 2.67 bits per heavy atom. The van der Waals surface area contributed by atoms with Crippen molar-refractivity contribution in [2.75, 3.05) is 13.6 Å². The number of hydrogen-bond acceptors (Lipinski definition) is 4. The zero-order chi connectivity index (χ0) is 20.0. The van der Waals surface area contributed by atoms with Gasteiger partial charge in [0.2, 0.25) is 5.91 Å². The number of nitrogens with zero attached hydrogens (tertiary/aromatic N) is 4. The maximum atomic E-state index is 13.1. The largest absolute Gasteiger partial charge is 0.340 e. The monoisotopic (exact) mass is 375 g/mol. The van der Waals surface area contributed by atoms with Gasteiger partial charge in [0, 0.05) is 32.4 Å². The maximum absolute atomic E-state index is 13.1. The zero-order valence-corrected chi connectivity index (χ0v) is 16.8. The molecular formula is C19H29N5O3. The van der Waals surface area contributed by atoms with Crippen LogP contribution in [0.3, 0.4) is 0 Å². The number of carbonyl (C=O) groups is 3. The van der Waals surface area contributed by atoms with E-state index in [1.165, 1.54) is 4.90 Å². The molecule has 1 saturated heterocycles. The third kappa shape index (κ3) is 3.84. The van der Waals surface area contributed by atoms with Crippen LogP contribution in [0, 0.1) is 11.3 Å². The molecular weight excluding hydrogens is 346 g/mol. The fourth-order valence-electron chi connectivity index (χ4n) is 4.82. The normalized spacial score (nSPS) is 27.1. The van der Waals surface area contributed by atoms with Gasteiger partial charge in [0.15, 0.2) is 0 Å². The molecule has 2 heterocycles. The van der Waals surface area contributed by atoms with Crippen molar-refractivity contribution in [1.82, 2.24) is 24.9 Å². The number of imide groups is 1. The Kier molecular flexibility index (Phi) is 4.78. The van der Waals surface area contributed by atoms with Gasteiger partial charge in [-0.2, -0.15) is 5.10 Å². The summed E-state index contributed by atoms with van der Waals surface area (Å²) in [6.07, 6.45) is 5.77. The number of aryl methyl sites for hydroxylation is 1. The van der Waals surface area contributed by atoms with Crippen molar-refractivity contribution in [2.45, 2.75) is 52.1 Å². The molecule has 3 rings (SSSR count). The second kappa shape index (κ2) is 6.65. The van der Waals surface area contributed by atoms with Gasteiger partial charge in [-0.15, -0.1) is 0 Å². The average Bonchev–Trinajstić information content (AvgIpc) is 3.02. The first kappa shape index (κ1) is 19.4. The molecule has 8 heteroatoms. The topological polar surface area (TPSA) is 87.5 Å². The van der Waals surface area contributed by atoms with E-state index in [1.54, 1.807) is 17.9 Å². The summed E-state index contributed by atoms with van der Waals surface area (Å²) in [5.74, 6) is -0.209. The smallest absolute Gasteiger partial charge is 0.325 e. The van der Waals surface area contributed by atoms with Crippen molar-refractivity contribution in [3.63, 3.8) is 0 Å². The van der Waals surface area contributed by atoms with Crippen molar-refractivity contribution in [3.8, 4) is 0 Å². The van der Waals surface area contributed by atoms with Crippen molar-refractivity contribution < 1.29 is 14.4 Å². The molecule has 0 unspecified atom stereocenters. The molecule has 1 N–H and O–H groups in total. The van der Waals surface area contributed by atoms with Crippen molar-refractivity contribution in [3.05, 3.63) is 18.0 Å². The highest BCUT2D eigenvalue weighted by Gasteiger charge is 2.56. The SMILES string of the molecule is C[C@@H]1CC(C)(C)C[C@]2(C1)NC(=O)N(CC(=O)N(C)Cc1cnn(C)c1)C2=O. The van der Waals surface area contributed by atoms with Crippen LogP contribution in [0.5, 0.6) is 0 Å². The summed E-state index contributed by atoms with van der Waals surface area (Å²) in [5.41, 5.74) is -0.0112. The summed E-state index contributed by atoms with van der Waals surface area (Å²) in [6, 6.07) is -0.465. The van der Waals surface area contributed by atoms with Gasteiger partial charge in [-0.05, 0) is 30.6 Å².